The average Bonchev–Trinajstić information content (AvgIpc) is 2.96. The summed E-state index contributed by atoms with van der Waals surface area (Å²) in [7, 11) is 0. The predicted octanol–water partition coefficient (Wildman–Crippen LogP) is 2.26. The lowest BCUT2D eigenvalue weighted by Crippen LogP contribution is -2.00. The lowest BCUT2D eigenvalue weighted by Gasteiger charge is -1.98. The first-order valence-electron chi connectivity index (χ1n) is 4.74. The van der Waals surface area contributed by atoms with Gasteiger partial charge in [0.25, 0.3) is 0 Å². The molecule has 1 N–H and O–H groups in total. The molecule has 2 nitrogen and oxygen atoms in total. The van der Waals surface area contributed by atoms with E-state index in [0.717, 1.165) is 18.4 Å². The van der Waals surface area contributed by atoms with E-state index in [-0.39, 0.29) is 5.92 Å². The maximum Gasteiger partial charge on any atom is 0.314 e. The zero-order chi connectivity index (χ0) is 9.97. The Morgan fingerprint density at radius 2 is 1.93 bits per heavy atom. The highest BCUT2D eigenvalue weighted by Crippen LogP contribution is 2.32. The number of carboxylic acid groups (broad SMARTS) is 1. The van der Waals surface area contributed by atoms with Crippen molar-refractivity contribution in [1.29, 1.82) is 0 Å². The van der Waals surface area contributed by atoms with Crippen LogP contribution in [0.25, 0.3) is 0 Å². The second-order valence-electron chi connectivity index (χ2n) is 3.54. The number of carboxylic acids is 1. The summed E-state index contributed by atoms with van der Waals surface area (Å²) in [6.45, 7) is 0. The Labute approximate surface area is 82.9 Å². The van der Waals surface area contributed by atoms with Gasteiger partial charge in [-0.05, 0) is 18.4 Å². The lowest BCUT2D eigenvalue weighted by molar-refractivity contribution is -0.137. The van der Waals surface area contributed by atoms with Crippen LogP contribution in [0.4, 0.5) is 0 Å². The molecule has 0 aliphatic heterocycles. The third-order valence-corrected chi connectivity index (χ3v) is 2.48. The number of rotatable bonds is 4. The SMILES string of the molecule is O=C(O)[C@H]1C=C1CCc1ccccc1. The number of hydrogen-bond donors (Lipinski definition) is 1. The van der Waals surface area contributed by atoms with Crippen LogP contribution in [-0.2, 0) is 11.2 Å². The summed E-state index contributed by atoms with van der Waals surface area (Å²) >= 11 is 0. The summed E-state index contributed by atoms with van der Waals surface area (Å²) in [6.07, 6.45) is 3.64. The van der Waals surface area contributed by atoms with E-state index in [4.69, 9.17) is 5.11 Å². The van der Waals surface area contributed by atoms with Crippen LogP contribution in [0.1, 0.15) is 12.0 Å². The summed E-state index contributed by atoms with van der Waals surface area (Å²) in [4.78, 5) is 10.5. The fourth-order valence-electron chi connectivity index (χ4n) is 1.57. The van der Waals surface area contributed by atoms with Gasteiger partial charge < -0.3 is 5.11 Å². The highest BCUT2D eigenvalue weighted by molar-refractivity contribution is 5.81. The van der Waals surface area contributed by atoms with Gasteiger partial charge in [-0.2, -0.15) is 0 Å². The average molecular weight is 188 g/mol. The van der Waals surface area contributed by atoms with E-state index in [1.165, 1.54) is 5.56 Å². The maximum absolute atomic E-state index is 10.5. The topological polar surface area (TPSA) is 37.3 Å². The number of aryl methyl sites for hydroxylation is 1. The maximum atomic E-state index is 10.5. The second kappa shape index (κ2) is 3.66. The van der Waals surface area contributed by atoms with Crippen molar-refractivity contribution >= 4 is 5.97 Å². The normalized spacial score (nSPS) is 18.9. The van der Waals surface area contributed by atoms with Gasteiger partial charge in [0.1, 0.15) is 0 Å². The van der Waals surface area contributed by atoms with Gasteiger partial charge in [0.15, 0.2) is 0 Å². The Morgan fingerprint density at radius 1 is 1.21 bits per heavy atom. The smallest absolute Gasteiger partial charge is 0.314 e. The van der Waals surface area contributed by atoms with Crippen LogP contribution in [0.3, 0.4) is 0 Å². The molecule has 0 aromatic heterocycles. The molecule has 1 atom stereocenters. The Bertz CT molecular complexity index is 365. The Kier molecular flexibility index (Phi) is 2.35. The predicted molar refractivity (Wildman–Crippen MR) is 54.0 cm³/mol. The first kappa shape index (κ1) is 9.00. The van der Waals surface area contributed by atoms with E-state index in [2.05, 4.69) is 12.1 Å². The second-order valence-corrected chi connectivity index (χ2v) is 3.54. The molecule has 72 valence electrons. The van der Waals surface area contributed by atoms with Crippen molar-refractivity contribution in [2.45, 2.75) is 12.8 Å². The summed E-state index contributed by atoms with van der Waals surface area (Å²) in [5.74, 6) is -0.980. The molecule has 14 heavy (non-hydrogen) atoms. The standard InChI is InChI=1S/C12H12O2/c13-12(14)11-8-10(11)7-6-9-4-2-1-3-5-9/h1-5,8,11H,6-7H2,(H,13,14)/t11-/m0/s1. The molecule has 1 aromatic carbocycles. The Balaban J connectivity index is 1.80. The van der Waals surface area contributed by atoms with E-state index in [0.29, 0.717) is 0 Å². The first-order valence-corrected chi connectivity index (χ1v) is 4.74. The van der Waals surface area contributed by atoms with E-state index in [1.54, 1.807) is 0 Å². The largest absolute Gasteiger partial charge is 0.481 e. The van der Waals surface area contributed by atoms with E-state index < -0.39 is 5.97 Å². The molecule has 0 saturated carbocycles. The van der Waals surface area contributed by atoms with Crippen molar-refractivity contribution in [2.75, 3.05) is 0 Å². The number of aliphatic carboxylic acids is 1. The zero-order valence-electron chi connectivity index (χ0n) is 7.81. The molecular weight excluding hydrogens is 176 g/mol. The quantitative estimate of drug-likeness (QED) is 0.736. The molecule has 0 fully saturated rings. The number of carbonyl (C=O) groups is 1. The van der Waals surface area contributed by atoms with Crippen molar-refractivity contribution in [2.24, 2.45) is 5.92 Å². The van der Waals surface area contributed by atoms with Crippen molar-refractivity contribution in [3.05, 3.63) is 47.5 Å². The molecule has 2 heteroatoms. The van der Waals surface area contributed by atoms with E-state index >= 15 is 0 Å². The third-order valence-electron chi connectivity index (χ3n) is 2.48. The van der Waals surface area contributed by atoms with Crippen LogP contribution in [0.15, 0.2) is 42.0 Å². The molecule has 2 rings (SSSR count). The van der Waals surface area contributed by atoms with Crippen LogP contribution in [-0.4, -0.2) is 11.1 Å². The Morgan fingerprint density at radius 3 is 2.50 bits per heavy atom. The molecule has 1 aliphatic rings. The van der Waals surface area contributed by atoms with Crippen molar-refractivity contribution < 1.29 is 9.90 Å². The summed E-state index contributed by atoms with van der Waals surface area (Å²) in [5.41, 5.74) is 2.34. The highest BCUT2D eigenvalue weighted by atomic mass is 16.4. The van der Waals surface area contributed by atoms with Crippen LogP contribution >= 0.6 is 0 Å². The minimum Gasteiger partial charge on any atom is -0.481 e. The van der Waals surface area contributed by atoms with Crippen LogP contribution in [0, 0.1) is 5.92 Å². The van der Waals surface area contributed by atoms with E-state index in [9.17, 15) is 4.79 Å². The Hall–Kier alpha value is -1.57. The van der Waals surface area contributed by atoms with Gasteiger partial charge in [0, 0.05) is 0 Å². The fourth-order valence-corrected chi connectivity index (χ4v) is 1.57. The summed E-state index contributed by atoms with van der Waals surface area (Å²) in [5, 5.41) is 8.67. The summed E-state index contributed by atoms with van der Waals surface area (Å²) < 4.78 is 0. The lowest BCUT2D eigenvalue weighted by atomic mass is 10.1. The third kappa shape index (κ3) is 2.02. The molecule has 1 aliphatic carbocycles. The van der Waals surface area contributed by atoms with Crippen LogP contribution < -0.4 is 0 Å². The van der Waals surface area contributed by atoms with Crippen LogP contribution in [0.5, 0.6) is 0 Å². The number of hydrogen-bond acceptors (Lipinski definition) is 1. The fraction of sp³-hybridized carbons (Fsp3) is 0.250. The minimum atomic E-state index is -0.715. The van der Waals surface area contributed by atoms with Gasteiger partial charge in [0.05, 0.1) is 5.92 Å². The van der Waals surface area contributed by atoms with Gasteiger partial charge >= 0.3 is 5.97 Å². The van der Waals surface area contributed by atoms with E-state index in [1.807, 2.05) is 24.3 Å². The molecule has 0 heterocycles. The van der Waals surface area contributed by atoms with Gasteiger partial charge in [-0.1, -0.05) is 42.0 Å². The minimum absolute atomic E-state index is 0.265. The molecule has 0 radical (unpaired) electrons. The van der Waals surface area contributed by atoms with Gasteiger partial charge in [0.2, 0.25) is 0 Å². The van der Waals surface area contributed by atoms with Crippen molar-refractivity contribution in [3.63, 3.8) is 0 Å². The molecule has 0 bridgehead atoms. The molecule has 0 amide bonds. The molecule has 1 aromatic rings. The van der Waals surface area contributed by atoms with Crippen molar-refractivity contribution in [3.8, 4) is 0 Å². The van der Waals surface area contributed by atoms with Gasteiger partial charge in [-0.25, -0.2) is 0 Å². The first-order chi connectivity index (χ1) is 6.77. The monoisotopic (exact) mass is 188 g/mol. The molecular formula is C12H12O2. The molecule has 0 spiro atoms. The van der Waals surface area contributed by atoms with Crippen LogP contribution in [0.2, 0.25) is 0 Å². The number of benzene rings is 1. The van der Waals surface area contributed by atoms with Gasteiger partial charge in [-0.3, -0.25) is 4.79 Å². The molecule has 0 saturated heterocycles. The molecule has 0 unspecified atom stereocenters. The zero-order valence-corrected chi connectivity index (χ0v) is 7.81. The van der Waals surface area contributed by atoms with Gasteiger partial charge in [-0.15, -0.1) is 0 Å². The van der Waals surface area contributed by atoms with Crippen molar-refractivity contribution in [1.82, 2.24) is 0 Å². The highest BCUT2D eigenvalue weighted by Gasteiger charge is 2.30. The summed E-state index contributed by atoms with van der Waals surface area (Å²) in [6, 6.07) is 10.1.